The van der Waals surface area contributed by atoms with E-state index in [-0.39, 0.29) is 42.4 Å². The number of likely N-dealkylation sites (tertiary alicyclic amines) is 1. The molecule has 7 nitrogen and oxygen atoms in total. The predicted molar refractivity (Wildman–Crippen MR) is 126 cm³/mol. The van der Waals surface area contributed by atoms with Gasteiger partial charge in [0.2, 0.25) is 5.91 Å². The Morgan fingerprint density at radius 3 is 2.42 bits per heavy atom. The Kier molecular flexibility index (Phi) is 6.79. The molecule has 33 heavy (non-hydrogen) atoms. The number of fused-ring (bicyclic) bond motifs is 1. The maximum atomic E-state index is 13.3. The number of carbonyl (C=O) groups excluding carboxylic acids is 2. The van der Waals surface area contributed by atoms with Crippen LogP contribution >= 0.6 is 0 Å². The highest BCUT2D eigenvalue weighted by Gasteiger charge is 2.48. The van der Waals surface area contributed by atoms with E-state index in [9.17, 15) is 14.4 Å². The molecule has 0 aromatic heterocycles. The van der Waals surface area contributed by atoms with Crippen LogP contribution in [0.1, 0.15) is 43.4 Å². The smallest absolute Gasteiger partial charge is 0.311 e. The van der Waals surface area contributed by atoms with Gasteiger partial charge in [-0.05, 0) is 42.7 Å². The minimum atomic E-state index is -0.510. The molecule has 3 aromatic rings. The Morgan fingerprint density at radius 1 is 1.06 bits per heavy atom. The Balaban J connectivity index is 1.73. The fourth-order valence-electron chi connectivity index (χ4n) is 4.79. The van der Waals surface area contributed by atoms with Crippen LogP contribution in [0.15, 0.2) is 47.3 Å². The zero-order chi connectivity index (χ0) is 23.5. The van der Waals surface area contributed by atoms with Crippen LogP contribution < -0.4 is 15.5 Å². The van der Waals surface area contributed by atoms with Crippen molar-refractivity contribution in [2.45, 2.75) is 32.2 Å². The monoisotopic (exact) mass is 450 g/mol. The average molecular weight is 451 g/mol. The van der Waals surface area contributed by atoms with Gasteiger partial charge in [0.15, 0.2) is 5.43 Å². The summed E-state index contributed by atoms with van der Waals surface area (Å²) in [5.74, 6) is -0.360. The maximum absolute atomic E-state index is 13.3. The van der Waals surface area contributed by atoms with Gasteiger partial charge in [0.1, 0.15) is 5.75 Å². The van der Waals surface area contributed by atoms with E-state index in [0.29, 0.717) is 13.1 Å². The van der Waals surface area contributed by atoms with E-state index in [0.717, 1.165) is 34.1 Å². The minimum absolute atomic E-state index is 0.0643. The summed E-state index contributed by atoms with van der Waals surface area (Å²) in [5, 5.41) is 4.40. The number of esters is 1. The van der Waals surface area contributed by atoms with Gasteiger partial charge in [0.05, 0.1) is 26.2 Å². The van der Waals surface area contributed by atoms with Crippen molar-refractivity contribution in [3.8, 4) is 5.75 Å². The molecular weight excluding hydrogens is 420 g/mol. The van der Waals surface area contributed by atoms with Crippen LogP contribution in [-0.2, 0) is 14.3 Å². The molecule has 0 spiro atoms. The molecule has 0 saturated carbocycles. The number of hydrogen-bond acceptors (Lipinski definition) is 6. The lowest BCUT2D eigenvalue weighted by atomic mass is 9.83. The topological polar surface area (TPSA) is 84.9 Å². The Morgan fingerprint density at radius 2 is 1.79 bits per heavy atom. The fourth-order valence-corrected chi connectivity index (χ4v) is 4.79. The first kappa shape index (κ1) is 23.0. The van der Waals surface area contributed by atoms with Gasteiger partial charge in [-0.1, -0.05) is 31.2 Å². The first-order chi connectivity index (χ1) is 16.0. The number of rotatable bonds is 9. The molecule has 0 bridgehead atoms. The summed E-state index contributed by atoms with van der Waals surface area (Å²) in [5.41, 5.74) is 1.91. The first-order valence-electron chi connectivity index (χ1n) is 11.5. The molecule has 0 radical (unpaired) electrons. The molecular formula is C26H30N2O5. The number of nitrogens with zero attached hydrogens (tertiary/aromatic N) is 1. The number of methoxy groups -OCH3 is 1. The van der Waals surface area contributed by atoms with Crippen LogP contribution in [0, 0.1) is 5.92 Å². The molecule has 1 saturated heterocycles. The molecule has 0 aliphatic carbocycles. The Labute approximate surface area is 193 Å². The van der Waals surface area contributed by atoms with Crippen molar-refractivity contribution in [3.05, 3.63) is 63.8 Å². The van der Waals surface area contributed by atoms with Gasteiger partial charge in [-0.3, -0.25) is 19.3 Å². The third kappa shape index (κ3) is 4.64. The average Bonchev–Trinajstić information content (AvgIpc) is 3.31. The molecule has 7 heteroatoms. The van der Waals surface area contributed by atoms with E-state index in [1.165, 1.54) is 0 Å². The molecule has 4 rings (SSSR count). The zero-order valence-corrected chi connectivity index (χ0v) is 19.3. The number of hydrogen-bond donors (Lipinski definition) is 1. The first-order valence-corrected chi connectivity index (χ1v) is 11.5. The SMILES string of the molecule is CCCNC(=O)CN1CC(c2ccc3c(=O)c3c2)C(C(=O)OCC)C1c1ccc(OC)cc1. The normalized spacial score (nSPS) is 20.9. The van der Waals surface area contributed by atoms with E-state index in [1.54, 1.807) is 14.0 Å². The minimum Gasteiger partial charge on any atom is -0.497 e. The van der Waals surface area contributed by atoms with E-state index >= 15 is 0 Å². The highest BCUT2D eigenvalue weighted by Crippen LogP contribution is 2.47. The quantitative estimate of drug-likeness (QED) is 0.505. The van der Waals surface area contributed by atoms with E-state index in [2.05, 4.69) is 5.32 Å². The third-order valence-electron chi connectivity index (χ3n) is 6.43. The van der Waals surface area contributed by atoms with Crippen LogP contribution in [0.3, 0.4) is 0 Å². The third-order valence-corrected chi connectivity index (χ3v) is 6.43. The van der Waals surface area contributed by atoms with Crippen molar-refractivity contribution in [1.29, 1.82) is 0 Å². The number of benzene rings is 2. The molecule has 3 aromatic carbocycles. The second kappa shape index (κ2) is 9.75. The highest BCUT2D eigenvalue weighted by atomic mass is 16.5. The van der Waals surface area contributed by atoms with Crippen LogP contribution in [0.25, 0.3) is 10.8 Å². The van der Waals surface area contributed by atoms with Gasteiger partial charge in [0, 0.05) is 35.8 Å². The Hall–Kier alpha value is -3.19. The van der Waals surface area contributed by atoms with Crippen molar-refractivity contribution in [3.63, 3.8) is 0 Å². The summed E-state index contributed by atoms with van der Waals surface area (Å²) in [6.45, 7) is 5.36. The van der Waals surface area contributed by atoms with Crippen molar-refractivity contribution in [2.75, 3.05) is 33.4 Å². The van der Waals surface area contributed by atoms with Crippen LogP contribution in [0.5, 0.6) is 5.75 Å². The van der Waals surface area contributed by atoms with Gasteiger partial charge < -0.3 is 14.8 Å². The lowest BCUT2D eigenvalue weighted by Crippen LogP contribution is -2.38. The van der Waals surface area contributed by atoms with Crippen molar-refractivity contribution in [2.24, 2.45) is 5.92 Å². The van der Waals surface area contributed by atoms with Crippen molar-refractivity contribution >= 4 is 22.6 Å². The molecule has 174 valence electrons. The zero-order valence-electron chi connectivity index (χ0n) is 19.3. The lowest BCUT2D eigenvalue weighted by molar-refractivity contribution is -0.149. The number of amides is 1. The molecule has 1 N–H and O–H groups in total. The second-order valence-corrected chi connectivity index (χ2v) is 8.52. The van der Waals surface area contributed by atoms with Gasteiger partial charge in [-0.25, -0.2) is 0 Å². The van der Waals surface area contributed by atoms with Crippen LogP contribution in [-0.4, -0.2) is 50.1 Å². The highest BCUT2D eigenvalue weighted by molar-refractivity contribution is 5.97. The molecule has 1 heterocycles. The largest absolute Gasteiger partial charge is 0.497 e. The van der Waals surface area contributed by atoms with E-state index in [1.807, 2.05) is 54.3 Å². The Bertz CT molecular complexity index is 1150. The summed E-state index contributed by atoms with van der Waals surface area (Å²) in [7, 11) is 1.61. The van der Waals surface area contributed by atoms with Crippen LogP contribution in [0.2, 0.25) is 0 Å². The standard InChI is InChI=1S/C26H30N2O5/c1-4-12-27-22(29)15-28-14-21(17-8-11-19-20(13-17)25(19)30)23(26(31)33-5-2)24(28)16-6-9-18(32-3)10-7-16/h6-11,13,21,23-24H,4-5,12,14-15H2,1-3H3,(H,27,29). The van der Waals surface area contributed by atoms with Crippen LogP contribution in [0.4, 0.5) is 0 Å². The predicted octanol–water partition coefficient (Wildman–Crippen LogP) is 2.93. The summed E-state index contributed by atoms with van der Waals surface area (Å²) >= 11 is 0. The number of carbonyl (C=O) groups is 2. The van der Waals surface area contributed by atoms with Crippen molar-refractivity contribution < 1.29 is 19.1 Å². The van der Waals surface area contributed by atoms with Gasteiger partial charge in [0.25, 0.3) is 0 Å². The molecule has 3 unspecified atom stereocenters. The number of ether oxygens (including phenoxy) is 2. The molecule has 1 aliphatic heterocycles. The van der Waals surface area contributed by atoms with Gasteiger partial charge >= 0.3 is 5.97 Å². The fraction of sp³-hybridized carbons (Fsp3) is 0.423. The molecule has 1 amide bonds. The summed E-state index contributed by atoms with van der Waals surface area (Å²) in [6.07, 6.45) is 0.852. The van der Waals surface area contributed by atoms with Gasteiger partial charge in [-0.2, -0.15) is 0 Å². The summed E-state index contributed by atoms with van der Waals surface area (Å²) in [4.78, 5) is 39.9. The molecule has 1 aliphatic rings. The van der Waals surface area contributed by atoms with E-state index < -0.39 is 5.92 Å². The summed E-state index contributed by atoms with van der Waals surface area (Å²) < 4.78 is 10.8. The van der Waals surface area contributed by atoms with E-state index in [4.69, 9.17) is 9.47 Å². The molecule has 1 fully saturated rings. The maximum Gasteiger partial charge on any atom is 0.311 e. The van der Waals surface area contributed by atoms with Gasteiger partial charge in [-0.15, -0.1) is 0 Å². The second-order valence-electron chi connectivity index (χ2n) is 8.52. The van der Waals surface area contributed by atoms with Crippen molar-refractivity contribution in [1.82, 2.24) is 10.2 Å². The summed E-state index contributed by atoms with van der Waals surface area (Å²) in [6, 6.07) is 12.9. The lowest BCUT2D eigenvalue weighted by Gasteiger charge is -2.28. The molecule has 3 atom stereocenters. The number of nitrogens with one attached hydrogen (secondary N) is 1.